The van der Waals surface area contributed by atoms with Gasteiger partial charge in [0.1, 0.15) is 0 Å². The van der Waals surface area contributed by atoms with Gasteiger partial charge in [-0.2, -0.15) is 0 Å². The predicted molar refractivity (Wildman–Crippen MR) is 47.0 cm³/mol. The van der Waals surface area contributed by atoms with Crippen LogP contribution in [0.25, 0.3) is 0 Å². The highest BCUT2D eigenvalue weighted by atomic mass is 35.5. The predicted octanol–water partition coefficient (Wildman–Crippen LogP) is 1.07. The van der Waals surface area contributed by atoms with E-state index in [1.807, 2.05) is 0 Å². The average molecular weight is 178 g/mol. The maximum Gasteiger partial charge on any atom is 0.0802 e. The molecule has 1 N–H and O–H groups in total. The van der Waals surface area contributed by atoms with Gasteiger partial charge in [0, 0.05) is 18.5 Å². The molecule has 0 radical (unpaired) electrons. The fourth-order valence-electron chi connectivity index (χ4n) is 1.58. The van der Waals surface area contributed by atoms with Crippen LogP contribution in [-0.4, -0.2) is 41.1 Å². The van der Waals surface area contributed by atoms with Crippen molar-refractivity contribution in [3.05, 3.63) is 0 Å². The van der Waals surface area contributed by atoms with Crippen LogP contribution in [0.1, 0.15) is 19.8 Å². The van der Waals surface area contributed by atoms with Gasteiger partial charge in [-0.1, -0.05) is 0 Å². The van der Waals surface area contributed by atoms with Gasteiger partial charge in [-0.05, 0) is 26.3 Å². The number of likely N-dealkylation sites (tertiary alicyclic amines) is 1. The second-order valence-electron chi connectivity index (χ2n) is 3.29. The summed E-state index contributed by atoms with van der Waals surface area (Å²) in [7, 11) is 0. The lowest BCUT2D eigenvalue weighted by atomic mass is 10.2. The van der Waals surface area contributed by atoms with Crippen LogP contribution in [0.4, 0.5) is 0 Å². The Kier molecular flexibility index (Phi) is 3.63. The summed E-state index contributed by atoms with van der Waals surface area (Å²) in [6, 6.07) is 0.632. The van der Waals surface area contributed by atoms with Crippen molar-refractivity contribution in [2.45, 2.75) is 31.9 Å². The quantitative estimate of drug-likeness (QED) is 0.652. The zero-order valence-electron chi connectivity index (χ0n) is 6.96. The molecule has 3 heteroatoms. The highest BCUT2D eigenvalue weighted by Gasteiger charge is 2.21. The Bertz CT molecular complexity index is 121. The number of aliphatic hydroxyl groups excluding tert-OH is 1. The Morgan fingerprint density at radius 3 is 2.91 bits per heavy atom. The molecule has 0 saturated carbocycles. The van der Waals surface area contributed by atoms with Gasteiger partial charge in [0.05, 0.1) is 6.10 Å². The fraction of sp³-hybridized carbons (Fsp3) is 1.00. The molecule has 2 unspecified atom stereocenters. The van der Waals surface area contributed by atoms with Crippen LogP contribution in [0.2, 0.25) is 0 Å². The van der Waals surface area contributed by atoms with E-state index in [1.165, 1.54) is 12.8 Å². The maximum absolute atomic E-state index is 9.26. The SMILES string of the molecule is CC1CCCN1CC(O)CCl. The number of hydrogen-bond donors (Lipinski definition) is 1. The maximum atomic E-state index is 9.26. The molecule has 1 aliphatic heterocycles. The van der Waals surface area contributed by atoms with Gasteiger partial charge in [-0.3, -0.25) is 4.90 Å². The molecule has 1 aliphatic rings. The third-order valence-corrected chi connectivity index (χ3v) is 2.67. The van der Waals surface area contributed by atoms with Gasteiger partial charge < -0.3 is 5.11 Å². The zero-order chi connectivity index (χ0) is 8.27. The standard InChI is InChI=1S/C8H16ClNO/c1-7-3-2-4-10(7)6-8(11)5-9/h7-8,11H,2-6H2,1H3. The number of hydrogen-bond acceptors (Lipinski definition) is 2. The number of nitrogens with zero attached hydrogens (tertiary/aromatic N) is 1. The number of β-amino-alcohol motifs (C(OH)–C–C–N with tert-alkyl or cyclic N) is 1. The second-order valence-corrected chi connectivity index (χ2v) is 3.60. The molecule has 0 aromatic carbocycles. The number of halogens is 1. The lowest BCUT2D eigenvalue weighted by Gasteiger charge is -2.22. The topological polar surface area (TPSA) is 23.5 Å². The Labute approximate surface area is 73.1 Å². The first kappa shape index (κ1) is 9.30. The van der Waals surface area contributed by atoms with Gasteiger partial charge in [0.2, 0.25) is 0 Å². The van der Waals surface area contributed by atoms with Crippen molar-refractivity contribution in [1.82, 2.24) is 4.90 Å². The van der Waals surface area contributed by atoms with Crippen molar-refractivity contribution in [3.8, 4) is 0 Å². The van der Waals surface area contributed by atoms with E-state index in [9.17, 15) is 5.11 Å². The summed E-state index contributed by atoms with van der Waals surface area (Å²) in [4.78, 5) is 2.30. The van der Waals surface area contributed by atoms with E-state index in [1.54, 1.807) is 0 Å². The molecule has 1 saturated heterocycles. The molecular formula is C8H16ClNO. The van der Waals surface area contributed by atoms with Crippen molar-refractivity contribution < 1.29 is 5.11 Å². The lowest BCUT2D eigenvalue weighted by Crippen LogP contribution is -2.35. The fourth-order valence-corrected chi connectivity index (χ4v) is 1.68. The Balaban J connectivity index is 2.24. The molecule has 2 nitrogen and oxygen atoms in total. The van der Waals surface area contributed by atoms with E-state index < -0.39 is 0 Å². The summed E-state index contributed by atoms with van der Waals surface area (Å²) in [5.41, 5.74) is 0. The number of rotatable bonds is 3. The second kappa shape index (κ2) is 4.29. The molecule has 1 fully saturated rings. The van der Waals surface area contributed by atoms with Crippen LogP contribution in [0.15, 0.2) is 0 Å². The number of alkyl halides is 1. The molecular weight excluding hydrogens is 162 g/mol. The van der Waals surface area contributed by atoms with Gasteiger partial charge in [0.25, 0.3) is 0 Å². The van der Waals surface area contributed by atoms with Gasteiger partial charge in [-0.15, -0.1) is 11.6 Å². The van der Waals surface area contributed by atoms with Crippen molar-refractivity contribution in [3.63, 3.8) is 0 Å². The molecule has 0 aromatic heterocycles. The van der Waals surface area contributed by atoms with Crippen LogP contribution in [0, 0.1) is 0 Å². The van der Waals surface area contributed by atoms with Crippen LogP contribution in [-0.2, 0) is 0 Å². The minimum absolute atomic E-state index is 0.350. The summed E-state index contributed by atoms with van der Waals surface area (Å²) in [6.07, 6.45) is 2.17. The lowest BCUT2D eigenvalue weighted by molar-refractivity contribution is 0.126. The van der Waals surface area contributed by atoms with Gasteiger partial charge in [-0.25, -0.2) is 0 Å². The van der Waals surface area contributed by atoms with Crippen molar-refractivity contribution in [1.29, 1.82) is 0 Å². The monoisotopic (exact) mass is 177 g/mol. The normalized spacial score (nSPS) is 29.2. The summed E-state index contributed by atoms with van der Waals surface area (Å²) in [5, 5.41) is 9.26. The van der Waals surface area contributed by atoms with E-state index in [0.717, 1.165) is 13.1 Å². The largest absolute Gasteiger partial charge is 0.391 e. The van der Waals surface area contributed by atoms with E-state index in [4.69, 9.17) is 11.6 Å². The first-order valence-corrected chi connectivity index (χ1v) is 4.75. The molecule has 0 aliphatic carbocycles. The molecule has 1 rings (SSSR count). The molecule has 0 bridgehead atoms. The van der Waals surface area contributed by atoms with Crippen molar-refractivity contribution >= 4 is 11.6 Å². The number of aliphatic hydroxyl groups is 1. The van der Waals surface area contributed by atoms with Gasteiger partial charge >= 0.3 is 0 Å². The van der Waals surface area contributed by atoms with E-state index in [2.05, 4.69) is 11.8 Å². The highest BCUT2D eigenvalue weighted by molar-refractivity contribution is 6.18. The molecule has 0 amide bonds. The van der Waals surface area contributed by atoms with Crippen LogP contribution in [0.3, 0.4) is 0 Å². The summed E-state index contributed by atoms with van der Waals surface area (Å²) in [5.74, 6) is 0.350. The van der Waals surface area contributed by atoms with Crippen LogP contribution >= 0.6 is 11.6 Å². The first-order valence-electron chi connectivity index (χ1n) is 4.22. The first-order chi connectivity index (χ1) is 5.24. The molecule has 66 valence electrons. The minimum Gasteiger partial charge on any atom is -0.391 e. The van der Waals surface area contributed by atoms with E-state index in [-0.39, 0.29) is 6.10 Å². The van der Waals surface area contributed by atoms with Crippen LogP contribution < -0.4 is 0 Å². The molecule has 11 heavy (non-hydrogen) atoms. The third-order valence-electron chi connectivity index (χ3n) is 2.31. The molecule has 0 spiro atoms. The zero-order valence-corrected chi connectivity index (χ0v) is 7.72. The Morgan fingerprint density at radius 1 is 1.73 bits per heavy atom. The molecule has 1 heterocycles. The highest BCUT2D eigenvalue weighted by Crippen LogP contribution is 2.16. The van der Waals surface area contributed by atoms with Crippen molar-refractivity contribution in [2.75, 3.05) is 19.0 Å². The Morgan fingerprint density at radius 2 is 2.45 bits per heavy atom. The van der Waals surface area contributed by atoms with Crippen LogP contribution in [0.5, 0.6) is 0 Å². The minimum atomic E-state index is -0.350. The van der Waals surface area contributed by atoms with Crippen molar-refractivity contribution in [2.24, 2.45) is 0 Å². The van der Waals surface area contributed by atoms with E-state index in [0.29, 0.717) is 11.9 Å². The Hall–Kier alpha value is 0.210. The molecule has 2 atom stereocenters. The summed E-state index contributed by atoms with van der Waals surface area (Å²) in [6.45, 7) is 4.06. The summed E-state index contributed by atoms with van der Waals surface area (Å²) >= 11 is 5.50. The average Bonchev–Trinajstić information content (AvgIpc) is 2.37. The smallest absolute Gasteiger partial charge is 0.0802 e. The summed E-state index contributed by atoms with van der Waals surface area (Å²) < 4.78 is 0. The third kappa shape index (κ3) is 2.62. The van der Waals surface area contributed by atoms with Gasteiger partial charge in [0.15, 0.2) is 0 Å². The van der Waals surface area contributed by atoms with E-state index >= 15 is 0 Å². The molecule has 0 aromatic rings.